The van der Waals surface area contributed by atoms with Crippen molar-refractivity contribution in [2.24, 2.45) is 5.73 Å². The summed E-state index contributed by atoms with van der Waals surface area (Å²) in [4.78, 5) is 22.6. The number of rotatable bonds is 39. The molecule has 0 aliphatic rings. The zero-order valence-corrected chi connectivity index (χ0v) is 33.4. The molecule has 6 N–H and O–H groups in total. The van der Waals surface area contributed by atoms with Crippen molar-refractivity contribution in [3.05, 3.63) is 12.2 Å². The minimum atomic E-state index is -4.38. The molecule has 298 valence electrons. The molecule has 4 atom stereocenters. The fraction of sp³-hybridized carbons (Fsp3) is 0.925. The summed E-state index contributed by atoms with van der Waals surface area (Å²) >= 11 is 0. The van der Waals surface area contributed by atoms with Crippen molar-refractivity contribution in [3.63, 3.8) is 0 Å². The molecule has 0 aliphatic heterocycles. The molecular weight excluding hydrogens is 651 g/mol. The summed E-state index contributed by atoms with van der Waals surface area (Å²) < 4.78 is 21.9. The van der Waals surface area contributed by atoms with E-state index in [1.54, 1.807) is 6.08 Å². The van der Waals surface area contributed by atoms with Crippen LogP contribution in [0.25, 0.3) is 0 Å². The maximum atomic E-state index is 12.7. The molecule has 9 nitrogen and oxygen atoms in total. The SMILES string of the molecule is CCCCCCC/C=C/C(O)C(COP(=O)(O)OCCN)NC(=O)CC(O)CCCCCCCCCCCCCCCCCCCCCCC. The number of phosphoric acid groups is 1. The second-order valence-corrected chi connectivity index (χ2v) is 15.9. The second kappa shape index (κ2) is 36.6. The molecule has 0 rings (SSSR count). The van der Waals surface area contributed by atoms with Crippen LogP contribution in [0.1, 0.15) is 200 Å². The van der Waals surface area contributed by atoms with E-state index in [1.165, 1.54) is 135 Å². The van der Waals surface area contributed by atoms with Gasteiger partial charge in [-0.2, -0.15) is 0 Å². The van der Waals surface area contributed by atoms with Crippen molar-refractivity contribution >= 4 is 13.7 Å². The summed E-state index contributed by atoms with van der Waals surface area (Å²) in [6, 6.07) is -0.975. The number of unbranched alkanes of at least 4 members (excludes halogenated alkanes) is 25. The van der Waals surface area contributed by atoms with Crippen LogP contribution in [-0.4, -0.2) is 59.0 Å². The Hall–Kier alpha value is -0.800. The highest BCUT2D eigenvalue weighted by molar-refractivity contribution is 7.47. The maximum Gasteiger partial charge on any atom is 0.472 e. The molecular formula is C40H81N2O7P. The Morgan fingerprint density at radius 2 is 1.10 bits per heavy atom. The number of aliphatic hydroxyl groups excluding tert-OH is 2. The Labute approximate surface area is 307 Å². The molecule has 0 aliphatic carbocycles. The molecule has 0 aromatic carbocycles. The van der Waals surface area contributed by atoms with Crippen LogP contribution >= 0.6 is 7.82 Å². The first-order chi connectivity index (χ1) is 24.3. The summed E-state index contributed by atoms with van der Waals surface area (Å²) in [5.74, 6) is -0.447. The smallest absolute Gasteiger partial charge is 0.393 e. The van der Waals surface area contributed by atoms with Gasteiger partial charge in [-0.05, 0) is 19.3 Å². The van der Waals surface area contributed by atoms with E-state index in [1.807, 2.05) is 6.08 Å². The molecule has 0 saturated carbocycles. The summed E-state index contributed by atoms with van der Waals surface area (Å²) in [6.45, 7) is 3.91. The molecule has 0 fully saturated rings. The van der Waals surface area contributed by atoms with Crippen molar-refractivity contribution in [1.82, 2.24) is 5.32 Å². The standard InChI is InChI=1S/C40H81N2O7P/c1-3-5-7-9-11-12-13-14-15-16-17-18-19-20-21-22-23-24-26-27-29-31-37(43)35-40(45)42-38(36-49-50(46,47)48-34-33-41)39(44)32-30-28-25-10-8-6-4-2/h30,32,37-39,43-44H,3-29,31,33-36,41H2,1-2H3,(H,42,45)(H,46,47)/b32-30+. The summed E-state index contributed by atoms with van der Waals surface area (Å²) in [7, 11) is -4.38. The van der Waals surface area contributed by atoms with Crippen LogP contribution in [0.5, 0.6) is 0 Å². The highest BCUT2D eigenvalue weighted by Gasteiger charge is 2.27. The number of amides is 1. The second-order valence-electron chi connectivity index (χ2n) is 14.4. The lowest BCUT2D eigenvalue weighted by atomic mass is 10.0. The van der Waals surface area contributed by atoms with Gasteiger partial charge >= 0.3 is 7.82 Å². The first-order valence-electron chi connectivity index (χ1n) is 20.9. The number of nitrogens with two attached hydrogens (primary N) is 1. The third-order valence-corrected chi connectivity index (χ3v) is 10.4. The fourth-order valence-electron chi connectivity index (χ4n) is 6.23. The summed E-state index contributed by atoms with van der Waals surface area (Å²) in [5, 5.41) is 23.9. The van der Waals surface area contributed by atoms with Gasteiger partial charge < -0.3 is 26.2 Å². The summed E-state index contributed by atoms with van der Waals surface area (Å²) in [5.41, 5.74) is 5.33. The Morgan fingerprint density at radius 1 is 0.680 bits per heavy atom. The average Bonchev–Trinajstić information content (AvgIpc) is 3.09. The van der Waals surface area contributed by atoms with Gasteiger partial charge in [-0.1, -0.05) is 187 Å². The average molecular weight is 733 g/mol. The molecule has 0 aromatic heterocycles. The molecule has 1 amide bonds. The topological polar surface area (TPSA) is 151 Å². The van der Waals surface area contributed by atoms with Crippen molar-refractivity contribution in [3.8, 4) is 0 Å². The van der Waals surface area contributed by atoms with Crippen LogP contribution < -0.4 is 11.1 Å². The lowest BCUT2D eigenvalue weighted by molar-refractivity contribution is -0.124. The first kappa shape index (κ1) is 49.2. The van der Waals surface area contributed by atoms with Gasteiger partial charge in [0.15, 0.2) is 0 Å². The highest BCUT2D eigenvalue weighted by atomic mass is 31.2. The van der Waals surface area contributed by atoms with Crippen LogP contribution in [0.3, 0.4) is 0 Å². The minimum Gasteiger partial charge on any atom is -0.393 e. The summed E-state index contributed by atoms with van der Waals surface area (Å²) in [6.07, 6.45) is 36.2. The van der Waals surface area contributed by atoms with Crippen LogP contribution in [0.2, 0.25) is 0 Å². The van der Waals surface area contributed by atoms with Gasteiger partial charge in [-0.25, -0.2) is 4.57 Å². The predicted molar refractivity (Wildman–Crippen MR) is 209 cm³/mol. The minimum absolute atomic E-state index is 0.0507. The predicted octanol–water partition coefficient (Wildman–Crippen LogP) is 10.2. The van der Waals surface area contributed by atoms with Gasteiger partial charge in [0.1, 0.15) is 0 Å². The van der Waals surface area contributed by atoms with E-state index in [4.69, 9.17) is 14.8 Å². The molecule has 0 radical (unpaired) electrons. The molecule has 0 spiro atoms. The largest absolute Gasteiger partial charge is 0.472 e. The normalized spacial score (nSPS) is 14.9. The molecule has 50 heavy (non-hydrogen) atoms. The quantitative estimate of drug-likeness (QED) is 0.0238. The van der Waals surface area contributed by atoms with Gasteiger partial charge in [0, 0.05) is 6.54 Å². The van der Waals surface area contributed by atoms with E-state index in [-0.39, 0.29) is 19.6 Å². The number of nitrogens with one attached hydrogen (secondary N) is 1. The van der Waals surface area contributed by atoms with E-state index < -0.39 is 38.6 Å². The third kappa shape index (κ3) is 34.3. The number of aliphatic hydroxyl groups is 2. The van der Waals surface area contributed by atoms with Gasteiger partial charge in [0.05, 0.1) is 37.9 Å². The van der Waals surface area contributed by atoms with Crippen LogP contribution in [-0.2, 0) is 18.4 Å². The molecule has 10 heteroatoms. The Kier molecular flexibility index (Phi) is 36.0. The molecule has 0 saturated heterocycles. The zero-order chi connectivity index (χ0) is 37.0. The van der Waals surface area contributed by atoms with Crippen molar-refractivity contribution in [2.75, 3.05) is 19.8 Å². The van der Waals surface area contributed by atoms with Crippen LogP contribution in [0.4, 0.5) is 0 Å². The number of hydrogen-bond donors (Lipinski definition) is 5. The Morgan fingerprint density at radius 3 is 1.54 bits per heavy atom. The van der Waals surface area contributed by atoms with E-state index in [2.05, 4.69) is 19.2 Å². The Bertz CT molecular complexity index is 817. The zero-order valence-electron chi connectivity index (χ0n) is 32.5. The van der Waals surface area contributed by atoms with Crippen LogP contribution in [0, 0.1) is 0 Å². The molecule has 0 heterocycles. The number of phosphoric ester groups is 1. The number of carbonyl (C=O) groups is 1. The first-order valence-corrected chi connectivity index (χ1v) is 22.4. The number of allylic oxidation sites excluding steroid dienone is 1. The molecule has 0 bridgehead atoms. The number of carbonyl (C=O) groups excluding carboxylic acids is 1. The Balaban J connectivity index is 4.06. The monoisotopic (exact) mass is 733 g/mol. The number of hydrogen-bond acceptors (Lipinski definition) is 7. The highest BCUT2D eigenvalue weighted by Crippen LogP contribution is 2.43. The van der Waals surface area contributed by atoms with Gasteiger partial charge in [-0.3, -0.25) is 13.8 Å². The molecule has 4 unspecified atom stereocenters. The van der Waals surface area contributed by atoms with E-state index in [9.17, 15) is 24.5 Å². The van der Waals surface area contributed by atoms with Gasteiger partial charge in [0.2, 0.25) is 5.91 Å². The van der Waals surface area contributed by atoms with Gasteiger partial charge in [-0.15, -0.1) is 0 Å². The fourth-order valence-corrected chi connectivity index (χ4v) is 6.99. The third-order valence-electron chi connectivity index (χ3n) is 9.42. The maximum absolute atomic E-state index is 12.7. The van der Waals surface area contributed by atoms with E-state index >= 15 is 0 Å². The van der Waals surface area contributed by atoms with Crippen molar-refractivity contribution in [2.45, 2.75) is 218 Å². The van der Waals surface area contributed by atoms with Crippen LogP contribution in [0.15, 0.2) is 12.2 Å². The molecule has 0 aromatic rings. The van der Waals surface area contributed by atoms with Crippen molar-refractivity contribution < 1.29 is 33.5 Å². The van der Waals surface area contributed by atoms with E-state index in [0.29, 0.717) is 6.42 Å². The van der Waals surface area contributed by atoms with Gasteiger partial charge in [0.25, 0.3) is 0 Å². The van der Waals surface area contributed by atoms with E-state index in [0.717, 1.165) is 38.5 Å². The lowest BCUT2D eigenvalue weighted by Gasteiger charge is -2.24. The lowest BCUT2D eigenvalue weighted by Crippen LogP contribution is -2.46. The van der Waals surface area contributed by atoms with Crippen molar-refractivity contribution in [1.29, 1.82) is 0 Å².